The maximum Gasteiger partial charge on any atom is 0.172 e. The van der Waals surface area contributed by atoms with Gasteiger partial charge in [0.1, 0.15) is 11.6 Å². The molecular formula is C12H12BrN3O3. The lowest BCUT2D eigenvalue weighted by Crippen LogP contribution is -1.98. The van der Waals surface area contributed by atoms with Gasteiger partial charge in [-0.3, -0.25) is 5.10 Å². The van der Waals surface area contributed by atoms with E-state index in [0.717, 1.165) is 6.42 Å². The van der Waals surface area contributed by atoms with Gasteiger partial charge in [0.2, 0.25) is 0 Å². The average molecular weight is 326 g/mol. The largest absolute Gasteiger partial charge is 0.506 e. The maximum absolute atomic E-state index is 10.3. The Labute approximate surface area is 117 Å². The van der Waals surface area contributed by atoms with E-state index in [0.29, 0.717) is 46.1 Å². The normalized spacial score (nSPS) is 14.2. The van der Waals surface area contributed by atoms with Crippen molar-refractivity contribution in [3.8, 4) is 28.4 Å². The molecule has 0 saturated carbocycles. The monoisotopic (exact) mass is 325 g/mol. The van der Waals surface area contributed by atoms with Gasteiger partial charge < -0.3 is 20.3 Å². The highest BCUT2D eigenvalue weighted by molar-refractivity contribution is 9.10. The summed E-state index contributed by atoms with van der Waals surface area (Å²) in [6, 6.07) is 1.69. The van der Waals surface area contributed by atoms with Crippen molar-refractivity contribution in [2.75, 3.05) is 18.9 Å². The Bertz CT molecular complexity index is 627. The number of nitrogen functional groups attached to an aromatic ring is 1. The zero-order valence-corrected chi connectivity index (χ0v) is 11.5. The van der Waals surface area contributed by atoms with Gasteiger partial charge in [0.05, 0.1) is 35.0 Å². The molecule has 1 aliphatic heterocycles. The second kappa shape index (κ2) is 4.65. The lowest BCUT2D eigenvalue weighted by Gasteiger charge is -2.15. The molecule has 0 aliphatic carbocycles. The number of phenols is 1. The zero-order valence-electron chi connectivity index (χ0n) is 9.94. The van der Waals surface area contributed by atoms with Gasteiger partial charge in [-0.05, 0) is 15.9 Å². The fraction of sp³-hybridized carbons (Fsp3) is 0.250. The first-order valence-corrected chi connectivity index (χ1v) is 6.58. The minimum atomic E-state index is 0.0531. The number of hydrogen-bond acceptors (Lipinski definition) is 5. The third kappa shape index (κ3) is 1.99. The number of nitrogens with zero attached hydrogens (tertiary/aromatic N) is 1. The molecular weight excluding hydrogens is 314 g/mol. The molecule has 0 unspecified atom stereocenters. The number of H-pyrrole nitrogens is 1. The molecule has 2 heterocycles. The van der Waals surface area contributed by atoms with Crippen molar-refractivity contribution >= 4 is 21.7 Å². The van der Waals surface area contributed by atoms with Crippen LogP contribution in [0.3, 0.4) is 0 Å². The van der Waals surface area contributed by atoms with Crippen LogP contribution in [0.25, 0.3) is 11.1 Å². The summed E-state index contributed by atoms with van der Waals surface area (Å²) >= 11 is 3.30. The van der Waals surface area contributed by atoms with Crippen molar-refractivity contribution in [2.24, 2.45) is 0 Å². The Morgan fingerprint density at radius 1 is 1.37 bits per heavy atom. The van der Waals surface area contributed by atoms with Crippen LogP contribution in [0.4, 0.5) is 5.82 Å². The number of aromatic nitrogens is 2. The van der Waals surface area contributed by atoms with Crippen LogP contribution in [0.15, 0.2) is 16.7 Å². The Morgan fingerprint density at radius 2 is 2.16 bits per heavy atom. The van der Waals surface area contributed by atoms with Crippen molar-refractivity contribution in [1.82, 2.24) is 10.2 Å². The number of anilines is 1. The van der Waals surface area contributed by atoms with E-state index in [1.807, 2.05) is 0 Å². The van der Waals surface area contributed by atoms with Crippen LogP contribution < -0.4 is 15.2 Å². The Morgan fingerprint density at radius 3 is 2.89 bits per heavy atom. The van der Waals surface area contributed by atoms with Gasteiger partial charge in [-0.15, -0.1) is 0 Å². The van der Waals surface area contributed by atoms with Crippen LogP contribution in [-0.4, -0.2) is 28.5 Å². The van der Waals surface area contributed by atoms with E-state index < -0.39 is 0 Å². The molecule has 6 nitrogen and oxygen atoms in total. The Balaban J connectivity index is 2.27. The number of halogens is 1. The van der Waals surface area contributed by atoms with Gasteiger partial charge in [0.15, 0.2) is 11.5 Å². The molecule has 0 amide bonds. The maximum atomic E-state index is 10.3. The highest BCUT2D eigenvalue weighted by Crippen LogP contribution is 2.49. The quantitative estimate of drug-likeness (QED) is 0.748. The lowest BCUT2D eigenvalue weighted by molar-refractivity contribution is 0.297. The SMILES string of the molecule is Nc1[nH]ncc1-c1c(O)c(Br)cc2c1OCCCO2. The molecule has 3 rings (SSSR count). The van der Waals surface area contributed by atoms with E-state index in [4.69, 9.17) is 15.2 Å². The number of aromatic amines is 1. The van der Waals surface area contributed by atoms with Gasteiger partial charge >= 0.3 is 0 Å². The molecule has 100 valence electrons. The van der Waals surface area contributed by atoms with E-state index in [1.54, 1.807) is 12.3 Å². The summed E-state index contributed by atoms with van der Waals surface area (Å²) in [5.74, 6) is 1.49. The predicted molar refractivity (Wildman–Crippen MR) is 73.4 cm³/mol. The number of benzene rings is 1. The van der Waals surface area contributed by atoms with Crippen molar-refractivity contribution < 1.29 is 14.6 Å². The molecule has 1 aliphatic rings. The van der Waals surface area contributed by atoms with Gasteiger partial charge in [0.25, 0.3) is 0 Å². The number of ether oxygens (including phenoxy) is 2. The number of nitrogens with one attached hydrogen (secondary N) is 1. The third-order valence-corrected chi connectivity index (χ3v) is 3.51. The second-order valence-corrected chi connectivity index (χ2v) is 5.01. The molecule has 0 fully saturated rings. The van der Waals surface area contributed by atoms with E-state index in [2.05, 4.69) is 26.1 Å². The van der Waals surface area contributed by atoms with E-state index >= 15 is 0 Å². The number of nitrogens with two attached hydrogens (primary N) is 1. The molecule has 2 aromatic rings. The third-order valence-electron chi connectivity index (χ3n) is 2.90. The molecule has 1 aromatic heterocycles. The van der Waals surface area contributed by atoms with Crippen molar-refractivity contribution in [3.05, 3.63) is 16.7 Å². The van der Waals surface area contributed by atoms with Crippen molar-refractivity contribution in [1.29, 1.82) is 0 Å². The van der Waals surface area contributed by atoms with Crippen molar-refractivity contribution in [3.63, 3.8) is 0 Å². The molecule has 0 saturated heterocycles. The second-order valence-electron chi connectivity index (χ2n) is 4.16. The summed E-state index contributed by atoms with van der Waals surface area (Å²) < 4.78 is 11.8. The van der Waals surface area contributed by atoms with Gasteiger partial charge in [-0.2, -0.15) is 5.10 Å². The van der Waals surface area contributed by atoms with Gasteiger partial charge in [-0.25, -0.2) is 0 Å². The molecule has 0 radical (unpaired) electrons. The van der Waals surface area contributed by atoms with Gasteiger partial charge in [-0.1, -0.05) is 0 Å². The highest BCUT2D eigenvalue weighted by Gasteiger charge is 2.24. The topological polar surface area (TPSA) is 93.4 Å². The summed E-state index contributed by atoms with van der Waals surface area (Å²) in [5, 5.41) is 16.8. The molecule has 0 atom stereocenters. The lowest BCUT2D eigenvalue weighted by atomic mass is 10.1. The van der Waals surface area contributed by atoms with Crippen LogP contribution in [0.5, 0.6) is 17.2 Å². The molecule has 4 N–H and O–H groups in total. The fourth-order valence-electron chi connectivity index (χ4n) is 2.01. The summed E-state index contributed by atoms with van der Waals surface area (Å²) in [7, 11) is 0. The Kier molecular flexibility index (Phi) is 2.98. The molecule has 0 bridgehead atoms. The average Bonchev–Trinajstić information content (AvgIpc) is 2.67. The fourth-order valence-corrected chi connectivity index (χ4v) is 2.42. The first-order valence-electron chi connectivity index (χ1n) is 5.78. The highest BCUT2D eigenvalue weighted by atomic mass is 79.9. The van der Waals surface area contributed by atoms with Crippen LogP contribution in [0.2, 0.25) is 0 Å². The minimum Gasteiger partial charge on any atom is -0.506 e. The number of fused-ring (bicyclic) bond motifs is 1. The summed E-state index contributed by atoms with van der Waals surface area (Å²) in [6.07, 6.45) is 2.33. The van der Waals surface area contributed by atoms with Gasteiger partial charge in [0, 0.05) is 12.5 Å². The Hall–Kier alpha value is -1.89. The van der Waals surface area contributed by atoms with E-state index in [1.165, 1.54) is 0 Å². The first kappa shape index (κ1) is 12.2. The van der Waals surface area contributed by atoms with Crippen LogP contribution in [0.1, 0.15) is 6.42 Å². The van der Waals surface area contributed by atoms with E-state index in [-0.39, 0.29) is 5.75 Å². The molecule has 0 spiro atoms. The van der Waals surface area contributed by atoms with E-state index in [9.17, 15) is 5.11 Å². The number of aromatic hydroxyl groups is 1. The molecule has 1 aromatic carbocycles. The number of rotatable bonds is 1. The van der Waals surface area contributed by atoms with Crippen LogP contribution in [-0.2, 0) is 0 Å². The summed E-state index contributed by atoms with van der Waals surface area (Å²) in [4.78, 5) is 0. The number of hydrogen-bond donors (Lipinski definition) is 3. The zero-order chi connectivity index (χ0) is 13.4. The van der Waals surface area contributed by atoms with Crippen LogP contribution >= 0.6 is 15.9 Å². The van der Waals surface area contributed by atoms with Crippen LogP contribution in [0, 0.1) is 0 Å². The predicted octanol–water partition coefficient (Wildman–Crippen LogP) is 2.29. The summed E-state index contributed by atoms with van der Waals surface area (Å²) in [6.45, 7) is 1.10. The van der Waals surface area contributed by atoms with Crippen molar-refractivity contribution in [2.45, 2.75) is 6.42 Å². The minimum absolute atomic E-state index is 0.0531. The number of phenolic OH excluding ortho intramolecular Hbond substituents is 1. The molecule has 7 heteroatoms. The smallest absolute Gasteiger partial charge is 0.172 e. The molecule has 19 heavy (non-hydrogen) atoms. The first-order chi connectivity index (χ1) is 9.18. The summed E-state index contributed by atoms with van der Waals surface area (Å²) in [5.41, 5.74) is 6.89. The standard InChI is InChI=1S/C12H12BrN3O3/c13-7-4-8-11(19-3-1-2-18-8)9(10(7)17)6-5-15-16-12(6)14/h4-5,17H,1-3H2,(H3,14,15,16).